The number of aryl methyl sites for hydroxylation is 2. The van der Waals surface area contributed by atoms with Gasteiger partial charge in [0.05, 0.1) is 17.5 Å². The highest BCUT2D eigenvalue weighted by molar-refractivity contribution is 5.91. The first-order valence-electron chi connectivity index (χ1n) is 8.14. The summed E-state index contributed by atoms with van der Waals surface area (Å²) in [6.45, 7) is 3.87. The second-order valence-electron chi connectivity index (χ2n) is 5.78. The molecule has 2 aromatic carbocycles. The fourth-order valence-electron chi connectivity index (χ4n) is 2.65. The molecule has 0 aliphatic carbocycles. The lowest BCUT2D eigenvalue weighted by molar-refractivity contribution is 0.0696. The molecule has 1 N–H and O–H groups in total. The van der Waals surface area contributed by atoms with Gasteiger partial charge in [0.1, 0.15) is 11.5 Å². The normalized spacial score (nSPS) is 11.1. The van der Waals surface area contributed by atoms with Crippen LogP contribution in [0.3, 0.4) is 0 Å². The molecule has 0 saturated heterocycles. The molecule has 0 atom stereocenters. The van der Waals surface area contributed by atoms with Crippen LogP contribution in [-0.2, 0) is 6.42 Å². The third-order valence-corrected chi connectivity index (χ3v) is 4.08. The number of hydrogen-bond acceptors (Lipinski definition) is 3. The van der Waals surface area contributed by atoms with Crippen molar-refractivity contribution in [2.24, 2.45) is 4.99 Å². The van der Waals surface area contributed by atoms with Gasteiger partial charge in [0.2, 0.25) is 0 Å². The lowest BCUT2D eigenvalue weighted by atomic mass is 10.0. The zero-order chi connectivity index (χ0) is 17.8. The Kier molecular flexibility index (Phi) is 4.80. The number of benzene rings is 2. The molecule has 126 valence electrons. The van der Waals surface area contributed by atoms with E-state index in [0.29, 0.717) is 11.5 Å². The number of rotatable bonds is 5. The molecule has 1 aromatic heterocycles. The Morgan fingerprint density at radius 2 is 1.96 bits per heavy atom. The molecular formula is C21H19NO3. The highest BCUT2D eigenvalue weighted by Crippen LogP contribution is 2.25. The topological polar surface area (TPSA) is 62.8 Å². The predicted molar refractivity (Wildman–Crippen MR) is 98.9 cm³/mol. The van der Waals surface area contributed by atoms with Crippen LogP contribution in [0.25, 0.3) is 11.3 Å². The molecule has 3 rings (SSSR count). The standard InChI is InChI=1S/C21H19NO3/c1-3-15-6-4-5-7-19(15)22-13-17-10-11-20(25-17)16-9-8-14(2)18(12-16)21(23)24/h4-13H,3H2,1-2H3,(H,23,24). The second kappa shape index (κ2) is 7.18. The van der Waals surface area contributed by atoms with Crippen molar-refractivity contribution in [3.05, 3.63) is 77.0 Å². The molecule has 0 unspecified atom stereocenters. The van der Waals surface area contributed by atoms with Crippen molar-refractivity contribution >= 4 is 17.9 Å². The number of para-hydroxylation sites is 1. The molecule has 0 spiro atoms. The average molecular weight is 333 g/mol. The zero-order valence-corrected chi connectivity index (χ0v) is 14.2. The summed E-state index contributed by atoms with van der Waals surface area (Å²) in [7, 11) is 0. The van der Waals surface area contributed by atoms with Gasteiger partial charge >= 0.3 is 5.97 Å². The molecule has 0 bridgehead atoms. The Balaban J connectivity index is 1.87. The molecule has 25 heavy (non-hydrogen) atoms. The number of furan rings is 1. The van der Waals surface area contributed by atoms with Crippen molar-refractivity contribution in [3.63, 3.8) is 0 Å². The fourth-order valence-corrected chi connectivity index (χ4v) is 2.65. The lowest BCUT2D eigenvalue weighted by Gasteiger charge is -2.03. The summed E-state index contributed by atoms with van der Waals surface area (Å²) in [5.74, 6) is 0.301. The van der Waals surface area contributed by atoms with Crippen molar-refractivity contribution in [1.82, 2.24) is 0 Å². The molecule has 0 aliphatic heterocycles. The molecule has 4 heteroatoms. The minimum absolute atomic E-state index is 0.279. The minimum Gasteiger partial charge on any atom is -0.478 e. The van der Waals surface area contributed by atoms with Crippen LogP contribution in [-0.4, -0.2) is 17.3 Å². The van der Waals surface area contributed by atoms with Gasteiger partial charge in [-0.05, 0) is 48.7 Å². The molecular weight excluding hydrogens is 314 g/mol. The molecule has 1 heterocycles. The summed E-state index contributed by atoms with van der Waals surface area (Å²) < 4.78 is 5.80. The van der Waals surface area contributed by atoms with Crippen LogP contribution >= 0.6 is 0 Å². The molecule has 0 saturated carbocycles. The number of hydrogen-bond donors (Lipinski definition) is 1. The number of aromatic carboxylic acids is 1. The summed E-state index contributed by atoms with van der Waals surface area (Å²) in [4.78, 5) is 15.8. The van der Waals surface area contributed by atoms with Gasteiger partial charge in [-0.15, -0.1) is 0 Å². The van der Waals surface area contributed by atoms with Gasteiger partial charge in [0, 0.05) is 5.56 Å². The quantitative estimate of drug-likeness (QED) is 0.647. The second-order valence-corrected chi connectivity index (χ2v) is 5.78. The van der Waals surface area contributed by atoms with Gasteiger partial charge in [-0.25, -0.2) is 4.79 Å². The van der Waals surface area contributed by atoms with Crippen LogP contribution in [0.1, 0.15) is 34.2 Å². The highest BCUT2D eigenvalue weighted by Gasteiger charge is 2.11. The first-order valence-corrected chi connectivity index (χ1v) is 8.14. The van der Waals surface area contributed by atoms with Crippen molar-refractivity contribution in [2.45, 2.75) is 20.3 Å². The van der Waals surface area contributed by atoms with E-state index in [2.05, 4.69) is 18.0 Å². The average Bonchev–Trinajstić information content (AvgIpc) is 3.09. The van der Waals surface area contributed by atoms with Gasteiger partial charge in [-0.1, -0.05) is 37.3 Å². The van der Waals surface area contributed by atoms with E-state index in [1.54, 1.807) is 25.3 Å². The molecule has 0 aliphatic rings. The monoisotopic (exact) mass is 333 g/mol. The summed E-state index contributed by atoms with van der Waals surface area (Å²) >= 11 is 0. The van der Waals surface area contributed by atoms with Gasteiger partial charge in [0.15, 0.2) is 0 Å². The Morgan fingerprint density at radius 1 is 1.16 bits per heavy atom. The molecule has 0 radical (unpaired) electrons. The number of carboxylic acid groups (broad SMARTS) is 1. The van der Waals surface area contributed by atoms with Crippen LogP contribution in [0.2, 0.25) is 0 Å². The summed E-state index contributed by atoms with van der Waals surface area (Å²) in [6, 6.07) is 16.9. The van der Waals surface area contributed by atoms with E-state index in [-0.39, 0.29) is 5.56 Å². The number of aliphatic imine (C=N–C) groups is 1. The maximum atomic E-state index is 11.3. The van der Waals surface area contributed by atoms with E-state index in [1.165, 1.54) is 5.56 Å². The lowest BCUT2D eigenvalue weighted by Crippen LogP contribution is -1.99. The van der Waals surface area contributed by atoms with E-state index < -0.39 is 5.97 Å². The fraction of sp³-hybridized carbons (Fsp3) is 0.143. The van der Waals surface area contributed by atoms with Crippen LogP contribution in [0.5, 0.6) is 0 Å². The third kappa shape index (κ3) is 3.69. The van der Waals surface area contributed by atoms with Crippen molar-refractivity contribution < 1.29 is 14.3 Å². The van der Waals surface area contributed by atoms with Crippen molar-refractivity contribution in [2.75, 3.05) is 0 Å². The predicted octanol–water partition coefficient (Wildman–Crippen LogP) is 5.27. The molecule has 0 amide bonds. The largest absolute Gasteiger partial charge is 0.478 e. The van der Waals surface area contributed by atoms with Crippen LogP contribution < -0.4 is 0 Å². The zero-order valence-electron chi connectivity index (χ0n) is 14.2. The highest BCUT2D eigenvalue weighted by atomic mass is 16.4. The Bertz CT molecular complexity index is 938. The van der Waals surface area contributed by atoms with Gasteiger partial charge < -0.3 is 9.52 Å². The summed E-state index contributed by atoms with van der Waals surface area (Å²) in [5, 5.41) is 9.25. The first-order chi connectivity index (χ1) is 12.1. The van der Waals surface area contributed by atoms with Crippen molar-refractivity contribution in [3.8, 4) is 11.3 Å². The number of carboxylic acids is 1. The van der Waals surface area contributed by atoms with Crippen LogP contribution in [0, 0.1) is 6.92 Å². The molecule has 0 fully saturated rings. The van der Waals surface area contributed by atoms with Crippen LogP contribution in [0.15, 0.2) is 64.0 Å². The SMILES string of the molecule is CCc1ccccc1N=Cc1ccc(-c2ccc(C)c(C(=O)O)c2)o1. The van der Waals surface area contributed by atoms with E-state index in [1.807, 2.05) is 36.4 Å². The Hall–Kier alpha value is -3.14. The summed E-state index contributed by atoms with van der Waals surface area (Å²) in [6.07, 6.45) is 2.60. The van der Waals surface area contributed by atoms with Crippen molar-refractivity contribution in [1.29, 1.82) is 0 Å². The summed E-state index contributed by atoms with van der Waals surface area (Å²) in [5.41, 5.74) is 3.83. The van der Waals surface area contributed by atoms with E-state index in [4.69, 9.17) is 4.42 Å². The van der Waals surface area contributed by atoms with Gasteiger partial charge in [-0.3, -0.25) is 4.99 Å². The maximum Gasteiger partial charge on any atom is 0.335 e. The van der Waals surface area contributed by atoms with E-state index in [9.17, 15) is 9.90 Å². The number of carbonyl (C=O) groups is 1. The Morgan fingerprint density at radius 3 is 2.72 bits per heavy atom. The molecule has 4 nitrogen and oxygen atoms in total. The third-order valence-electron chi connectivity index (χ3n) is 4.08. The van der Waals surface area contributed by atoms with E-state index >= 15 is 0 Å². The Labute approximate surface area is 146 Å². The van der Waals surface area contributed by atoms with Gasteiger partial charge in [-0.2, -0.15) is 0 Å². The number of nitrogens with zero attached hydrogens (tertiary/aromatic N) is 1. The smallest absolute Gasteiger partial charge is 0.335 e. The molecule has 3 aromatic rings. The maximum absolute atomic E-state index is 11.3. The van der Waals surface area contributed by atoms with E-state index in [0.717, 1.165) is 23.2 Å². The first kappa shape index (κ1) is 16.7. The minimum atomic E-state index is -0.941. The van der Waals surface area contributed by atoms with Crippen LogP contribution in [0.4, 0.5) is 5.69 Å². The van der Waals surface area contributed by atoms with Gasteiger partial charge in [0.25, 0.3) is 0 Å².